The minimum Gasteiger partial charge on any atom is -0.396 e. The van der Waals surface area contributed by atoms with Gasteiger partial charge in [-0.25, -0.2) is 4.98 Å². The van der Waals surface area contributed by atoms with E-state index in [1.807, 2.05) is 12.1 Å². The predicted octanol–water partition coefficient (Wildman–Crippen LogP) is 1.59. The van der Waals surface area contributed by atoms with Crippen molar-refractivity contribution in [1.82, 2.24) is 10.3 Å². The van der Waals surface area contributed by atoms with E-state index in [1.54, 1.807) is 6.20 Å². The van der Waals surface area contributed by atoms with Crippen molar-refractivity contribution in [3.63, 3.8) is 0 Å². The van der Waals surface area contributed by atoms with Crippen molar-refractivity contribution in [3.8, 4) is 0 Å². The van der Waals surface area contributed by atoms with Crippen LogP contribution in [0.3, 0.4) is 0 Å². The van der Waals surface area contributed by atoms with E-state index in [0.717, 1.165) is 37.3 Å². The Hall–Kier alpha value is -1.95. The van der Waals surface area contributed by atoms with Crippen LogP contribution in [0, 0.1) is 11.3 Å². The minimum atomic E-state index is -0.268. The smallest absolute Gasteiger partial charge is 0.234 e. The Bertz CT molecular complexity index is 657. The molecule has 6 heteroatoms. The van der Waals surface area contributed by atoms with Crippen LogP contribution in [-0.2, 0) is 9.59 Å². The third-order valence-corrected chi connectivity index (χ3v) is 6.21. The van der Waals surface area contributed by atoms with E-state index in [2.05, 4.69) is 15.2 Å². The summed E-state index contributed by atoms with van der Waals surface area (Å²) in [6, 6.07) is 3.96. The molecule has 0 bridgehead atoms. The molecular formula is C19H25N3O3. The summed E-state index contributed by atoms with van der Waals surface area (Å²) in [4.78, 5) is 30.1. The van der Waals surface area contributed by atoms with Gasteiger partial charge in [-0.15, -0.1) is 0 Å². The number of piperidine rings is 1. The van der Waals surface area contributed by atoms with Crippen LogP contribution in [0.15, 0.2) is 18.3 Å². The average Bonchev–Trinajstić information content (AvgIpc) is 2.60. The first-order valence-electron chi connectivity index (χ1n) is 9.24. The quantitative estimate of drug-likeness (QED) is 0.815. The maximum Gasteiger partial charge on any atom is 0.234 e. The maximum atomic E-state index is 12.0. The molecule has 4 rings (SSSR count). The molecule has 3 aliphatic rings. The zero-order chi connectivity index (χ0) is 17.4. The molecule has 1 atom stereocenters. The molecule has 1 saturated carbocycles. The summed E-state index contributed by atoms with van der Waals surface area (Å²) in [7, 11) is 0. The Morgan fingerprint density at radius 1 is 1.20 bits per heavy atom. The Morgan fingerprint density at radius 2 is 1.96 bits per heavy atom. The molecule has 2 amide bonds. The molecule has 0 aromatic carbocycles. The molecule has 1 aliphatic carbocycles. The topological polar surface area (TPSA) is 82.5 Å². The number of nitrogens with zero attached hydrogens (tertiary/aromatic N) is 2. The third kappa shape index (κ3) is 3.15. The second kappa shape index (κ2) is 6.41. The van der Waals surface area contributed by atoms with Gasteiger partial charge in [-0.2, -0.15) is 0 Å². The van der Waals surface area contributed by atoms with Crippen LogP contribution in [0.25, 0.3) is 0 Å². The first-order chi connectivity index (χ1) is 12.1. The van der Waals surface area contributed by atoms with E-state index in [0.29, 0.717) is 30.8 Å². The predicted molar refractivity (Wildman–Crippen MR) is 93.1 cm³/mol. The minimum absolute atomic E-state index is 0.187. The molecular weight excluding hydrogens is 318 g/mol. The van der Waals surface area contributed by atoms with Gasteiger partial charge in [0.15, 0.2) is 0 Å². The van der Waals surface area contributed by atoms with E-state index in [-0.39, 0.29) is 17.7 Å². The highest BCUT2D eigenvalue weighted by Crippen LogP contribution is 2.46. The summed E-state index contributed by atoms with van der Waals surface area (Å²) in [5.41, 5.74) is 1.29. The number of hydrogen-bond acceptors (Lipinski definition) is 5. The molecule has 1 unspecified atom stereocenters. The summed E-state index contributed by atoms with van der Waals surface area (Å²) >= 11 is 0. The summed E-state index contributed by atoms with van der Waals surface area (Å²) in [6.07, 6.45) is 7.39. The van der Waals surface area contributed by atoms with Crippen LogP contribution in [0.4, 0.5) is 5.82 Å². The van der Waals surface area contributed by atoms with Gasteiger partial charge in [0.25, 0.3) is 0 Å². The van der Waals surface area contributed by atoms with Gasteiger partial charge >= 0.3 is 0 Å². The van der Waals surface area contributed by atoms with E-state index in [9.17, 15) is 14.7 Å². The van der Waals surface area contributed by atoms with Crippen molar-refractivity contribution >= 4 is 17.6 Å². The summed E-state index contributed by atoms with van der Waals surface area (Å²) in [5.74, 6) is 0.786. The fourth-order valence-electron chi connectivity index (χ4n) is 4.52. The number of carbonyl (C=O) groups is 2. The number of rotatable bonds is 3. The molecule has 2 N–H and O–H groups in total. The second-order valence-electron chi connectivity index (χ2n) is 7.94. The molecule has 2 aliphatic heterocycles. The van der Waals surface area contributed by atoms with Crippen LogP contribution < -0.4 is 10.2 Å². The normalized spacial score (nSPS) is 26.4. The lowest BCUT2D eigenvalue weighted by Crippen LogP contribution is -2.58. The zero-order valence-electron chi connectivity index (χ0n) is 14.4. The highest BCUT2D eigenvalue weighted by molar-refractivity contribution is 6.00. The summed E-state index contributed by atoms with van der Waals surface area (Å²) in [5, 5.41) is 11.7. The van der Waals surface area contributed by atoms with Gasteiger partial charge in [0, 0.05) is 37.7 Å². The fourth-order valence-corrected chi connectivity index (χ4v) is 4.52. The molecule has 2 saturated heterocycles. The van der Waals surface area contributed by atoms with Crippen molar-refractivity contribution in [1.29, 1.82) is 0 Å². The number of nitrogens with one attached hydrogen (secondary N) is 1. The van der Waals surface area contributed by atoms with Gasteiger partial charge in [0.1, 0.15) is 5.82 Å². The molecule has 25 heavy (non-hydrogen) atoms. The van der Waals surface area contributed by atoms with E-state index in [1.165, 1.54) is 12.8 Å². The molecule has 3 heterocycles. The fraction of sp³-hybridized carbons (Fsp3) is 0.632. The van der Waals surface area contributed by atoms with Crippen LogP contribution in [0.5, 0.6) is 0 Å². The second-order valence-corrected chi connectivity index (χ2v) is 7.94. The Balaban J connectivity index is 1.36. The number of hydrogen-bond donors (Lipinski definition) is 2. The standard InChI is InChI=1S/C19H25N3O3/c23-10-13-5-7-19(8-6-13)11-22(12-19)16-3-1-14(9-20-16)15-2-4-17(24)21-18(15)25/h1,3,9,13,15,23H,2,4-8,10-12H2,(H,21,24,25). The van der Waals surface area contributed by atoms with Crippen LogP contribution in [-0.4, -0.2) is 41.6 Å². The van der Waals surface area contributed by atoms with E-state index in [4.69, 9.17) is 0 Å². The Kier molecular flexibility index (Phi) is 4.23. The van der Waals surface area contributed by atoms with Gasteiger partial charge in [-0.05, 0) is 49.7 Å². The number of amides is 2. The Labute approximate surface area is 147 Å². The molecule has 1 aromatic heterocycles. The molecule has 134 valence electrons. The van der Waals surface area contributed by atoms with Crippen LogP contribution in [0.1, 0.15) is 50.0 Å². The van der Waals surface area contributed by atoms with Crippen molar-refractivity contribution in [2.24, 2.45) is 11.3 Å². The lowest BCUT2D eigenvalue weighted by atomic mass is 9.66. The number of pyridine rings is 1. The third-order valence-electron chi connectivity index (χ3n) is 6.21. The van der Waals surface area contributed by atoms with Crippen molar-refractivity contribution in [3.05, 3.63) is 23.9 Å². The van der Waals surface area contributed by atoms with Crippen molar-refractivity contribution in [2.75, 3.05) is 24.6 Å². The zero-order valence-corrected chi connectivity index (χ0v) is 14.4. The van der Waals surface area contributed by atoms with Crippen LogP contribution >= 0.6 is 0 Å². The first-order valence-corrected chi connectivity index (χ1v) is 9.24. The summed E-state index contributed by atoms with van der Waals surface area (Å²) < 4.78 is 0. The van der Waals surface area contributed by atoms with E-state index >= 15 is 0 Å². The van der Waals surface area contributed by atoms with Gasteiger partial charge in [0.2, 0.25) is 11.8 Å². The molecule has 0 radical (unpaired) electrons. The highest BCUT2D eigenvalue weighted by atomic mass is 16.3. The SMILES string of the molecule is O=C1CCC(c2ccc(N3CC4(CCC(CO)CC4)C3)nc2)C(=O)N1. The number of aliphatic hydroxyl groups is 1. The number of aliphatic hydroxyl groups excluding tert-OH is 1. The van der Waals surface area contributed by atoms with Gasteiger partial charge in [-0.3, -0.25) is 14.9 Å². The van der Waals surface area contributed by atoms with Crippen LogP contribution in [0.2, 0.25) is 0 Å². The molecule has 6 nitrogen and oxygen atoms in total. The van der Waals surface area contributed by atoms with Gasteiger partial charge < -0.3 is 10.0 Å². The van der Waals surface area contributed by atoms with Gasteiger partial charge in [-0.1, -0.05) is 6.07 Å². The monoisotopic (exact) mass is 343 g/mol. The largest absolute Gasteiger partial charge is 0.396 e. The molecule has 1 spiro atoms. The van der Waals surface area contributed by atoms with Gasteiger partial charge in [0.05, 0.1) is 5.92 Å². The van der Waals surface area contributed by atoms with Crippen molar-refractivity contribution in [2.45, 2.75) is 44.4 Å². The lowest BCUT2D eigenvalue weighted by molar-refractivity contribution is -0.134. The summed E-state index contributed by atoms with van der Waals surface area (Å²) in [6.45, 7) is 2.40. The number of carbonyl (C=O) groups excluding carboxylic acids is 2. The number of aromatic nitrogens is 1. The maximum absolute atomic E-state index is 12.0. The van der Waals surface area contributed by atoms with Crippen molar-refractivity contribution < 1.29 is 14.7 Å². The average molecular weight is 343 g/mol. The molecule has 3 fully saturated rings. The lowest BCUT2D eigenvalue weighted by Gasteiger charge is -2.54. The Morgan fingerprint density at radius 3 is 2.56 bits per heavy atom. The van der Waals surface area contributed by atoms with E-state index < -0.39 is 0 Å². The molecule has 1 aromatic rings. The first kappa shape index (κ1) is 16.5. The number of anilines is 1. The number of imide groups is 1. The highest BCUT2D eigenvalue weighted by Gasteiger charge is 2.45.